The third kappa shape index (κ3) is 7.31. The van der Waals surface area contributed by atoms with Gasteiger partial charge < -0.3 is 29.6 Å². The number of ether oxygens (including phenoxy) is 2. The number of carbonyl (C=O) groups excluding carboxylic acids is 3. The monoisotopic (exact) mass is 511 g/mol. The molecule has 10 nitrogen and oxygen atoms in total. The molecule has 10 heteroatoms. The van der Waals surface area contributed by atoms with Crippen LogP contribution in [0.5, 0.6) is 5.75 Å². The molecule has 2 N–H and O–H groups in total. The van der Waals surface area contributed by atoms with Crippen LogP contribution in [0, 0.1) is 5.92 Å². The third-order valence-corrected chi connectivity index (χ3v) is 6.51. The Balaban J connectivity index is 1.55. The number of fused-ring (bicyclic) bond motifs is 4. The van der Waals surface area contributed by atoms with E-state index < -0.39 is 12.1 Å². The maximum absolute atomic E-state index is 13.1. The van der Waals surface area contributed by atoms with Crippen molar-refractivity contribution in [3.8, 4) is 17.1 Å². The summed E-state index contributed by atoms with van der Waals surface area (Å²) in [6, 6.07) is 7.01. The van der Waals surface area contributed by atoms with Crippen molar-refractivity contribution in [2.24, 2.45) is 5.92 Å². The zero-order chi connectivity index (χ0) is 26.2. The second-order valence-electron chi connectivity index (χ2n) is 9.98. The number of nitrogens with zero attached hydrogens (tertiary/aromatic N) is 3. The van der Waals surface area contributed by atoms with Crippen LogP contribution >= 0.6 is 0 Å². The highest BCUT2D eigenvalue weighted by molar-refractivity contribution is 5.91. The van der Waals surface area contributed by atoms with Crippen LogP contribution in [0.3, 0.4) is 0 Å². The molecule has 0 unspecified atom stereocenters. The van der Waals surface area contributed by atoms with Gasteiger partial charge in [-0.15, -0.1) is 0 Å². The van der Waals surface area contributed by atoms with E-state index in [1.807, 2.05) is 48.9 Å². The van der Waals surface area contributed by atoms with Crippen LogP contribution < -0.4 is 15.4 Å². The molecule has 200 valence electrons. The Labute approximate surface area is 217 Å². The highest BCUT2D eigenvalue weighted by Gasteiger charge is 2.30. The van der Waals surface area contributed by atoms with Crippen molar-refractivity contribution in [2.75, 3.05) is 32.8 Å². The summed E-state index contributed by atoms with van der Waals surface area (Å²) >= 11 is 0. The molecule has 1 aromatic carbocycles. The van der Waals surface area contributed by atoms with Crippen LogP contribution in [0.2, 0.25) is 0 Å². The molecule has 0 spiro atoms. The Morgan fingerprint density at radius 1 is 1.19 bits per heavy atom. The maximum atomic E-state index is 13.1. The normalized spacial score (nSPS) is 21.9. The lowest BCUT2D eigenvalue weighted by atomic mass is 10.0. The van der Waals surface area contributed by atoms with Crippen LogP contribution in [0.1, 0.15) is 39.5 Å². The van der Waals surface area contributed by atoms with E-state index in [2.05, 4.69) is 15.6 Å². The van der Waals surface area contributed by atoms with E-state index in [9.17, 15) is 14.4 Å². The molecule has 1 saturated heterocycles. The van der Waals surface area contributed by atoms with Gasteiger partial charge in [0.05, 0.1) is 13.2 Å². The fourth-order valence-electron chi connectivity index (χ4n) is 4.70. The smallest absolute Gasteiger partial charge is 0.252 e. The van der Waals surface area contributed by atoms with Crippen LogP contribution in [-0.2, 0) is 25.7 Å². The average Bonchev–Trinajstić information content (AvgIpc) is 3.57. The first-order valence-corrected chi connectivity index (χ1v) is 13.1. The highest BCUT2D eigenvalue weighted by atomic mass is 16.5. The zero-order valence-electron chi connectivity index (χ0n) is 21.7. The number of benzene rings is 1. The topological polar surface area (TPSA) is 115 Å². The maximum Gasteiger partial charge on any atom is 0.252 e. The number of hydrogen-bond acceptors (Lipinski definition) is 6. The summed E-state index contributed by atoms with van der Waals surface area (Å²) < 4.78 is 13.5. The molecule has 3 amide bonds. The third-order valence-electron chi connectivity index (χ3n) is 6.51. The Bertz CT molecular complexity index is 1080. The van der Waals surface area contributed by atoms with Gasteiger partial charge in [0.2, 0.25) is 11.8 Å². The fraction of sp³-hybridized carbons (Fsp3) is 0.556. The SMILES string of the molecule is CC(C)C[C@H]1NC(=O)CN(C(=O)[C@H]2CCCO2)CCCOc2cccc(c2)-c2nccn2CCNC1=O. The average molecular weight is 512 g/mol. The summed E-state index contributed by atoms with van der Waals surface area (Å²) in [5, 5.41) is 5.81. The number of carbonyl (C=O) groups is 3. The predicted molar refractivity (Wildman–Crippen MR) is 138 cm³/mol. The quantitative estimate of drug-likeness (QED) is 0.651. The summed E-state index contributed by atoms with van der Waals surface area (Å²) in [4.78, 5) is 45.2. The van der Waals surface area contributed by atoms with E-state index in [0.717, 1.165) is 17.8 Å². The first kappa shape index (κ1) is 26.7. The second-order valence-corrected chi connectivity index (χ2v) is 9.98. The van der Waals surface area contributed by atoms with Gasteiger partial charge >= 0.3 is 0 Å². The van der Waals surface area contributed by atoms with Gasteiger partial charge in [0.15, 0.2) is 0 Å². The number of imidazole rings is 1. The summed E-state index contributed by atoms with van der Waals surface area (Å²) in [7, 11) is 0. The second kappa shape index (κ2) is 12.7. The molecule has 2 aliphatic rings. The van der Waals surface area contributed by atoms with Crippen molar-refractivity contribution < 1.29 is 23.9 Å². The first-order valence-electron chi connectivity index (χ1n) is 13.1. The van der Waals surface area contributed by atoms with Gasteiger partial charge in [-0.25, -0.2) is 4.98 Å². The summed E-state index contributed by atoms with van der Waals surface area (Å²) in [5.74, 6) is 0.883. The minimum atomic E-state index is -0.687. The van der Waals surface area contributed by atoms with Gasteiger partial charge in [-0.2, -0.15) is 0 Å². The van der Waals surface area contributed by atoms with E-state index in [1.165, 1.54) is 4.90 Å². The molecule has 2 atom stereocenters. The zero-order valence-corrected chi connectivity index (χ0v) is 21.7. The standard InChI is InChI=1S/C27H37N5O5/c1-19(2)16-22-26(34)29-10-13-31-12-9-28-25(31)20-6-3-7-21(17-20)36-15-5-11-32(18-24(33)30-22)27(35)23-8-4-14-37-23/h3,6-7,9,12,17,19,22-23H,4-5,8,10-11,13-16,18H2,1-2H3,(H,29,34)(H,30,33)/t22-,23-/m1/s1. The van der Waals surface area contributed by atoms with Crippen molar-refractivity contribution in [3.05, 3.63) is 36.7 Å². The Morgan fingerprint density at radius 2 is 2.05 bits per heavy atom. The molecule has 2 aliphatic heterocycles. The molecule has 37 heavy (non-hydrogen) atoms. The van der Waals surface area contributed by atoms with Crippen LogP contribution in [-0.4, -0.2) is 77.2 Å². The van der Waals surface area contributed by atoms with Crippen molar-refractivity contribution in [1.29, 1.82) is 0 Å². The van der Waals surface area contributed by atoms with Gasteiger partial charge in [0.25, 0.3) is 5.91 Å². The molecular weight excluding hydrogens is 474 g/mol. The van der Waals surface area contributed by atoms with Gasteiger partial charge in [0.1, 0.15) is 23.7 Å². The Hall–Kier alpha value is -3.40. The molecule has 0 aliphatic carbocycles. The van der Waals surface area contributed by atoms with Crippen LogP contribution in [0.4, 0.5) is 0 Å². The molecular formula is C27H37N5O5. The fourth-order valence-corrected chi connectivity index (χ4v) is 4.70. The molecule has 0 radical (unpaired) electrons. The molecule has 1 fully saturated rings. The van der Waals surface area contributed by atoms with Crippen molar-refractivity contribution in [3.63, 3.8) is 0 Å². The van der Waals surface area contributed by atoms with Crippen molar-refractivity contribution >= 4 is 17.7 Å². The van der Waals surface area contributed by atoms with Crippen LogP contribution in [0.25, 0.3) is 11.4 Å². The van der Waals surface area contributed by atoms with E-state index in [4.69, 9.17) is 9.47 Å². The largest absolute Gasteiger partial charge is 0.494 e. The van der Waals surface area contributed by atoms with Crippen molar-refractivity contribution in [1.82, 2.24) is 25.1 Å². The number of hydrogen-bond donors (Lipinski definition) is 2. The number of nitrogens with one attached hydrogen (secondary N) is 2. The lowest BCUT2D eigenvalue weighted by molar-refractivity contribution is -0.144. The van der Waals surface area contributed by atoms with Crippen LogP contribution in [0.15, 0.2) is 36.7 Å². The molecule has 3 heterocycles. The number of rotatable bonds is 3. The Kier molecular flexibility index (Phi) is 9.16. The summed E-state index contributed by atoms with van der Waals surface area (Å²) in [6.07, 6.45) is 5.59. The van der Waals surface area contributed by atoms with E-state index in [0.29, 0.717) is 57.9 Å². The lowest BCUT2D eigenvalue weighted by Crippen LogP contribution is -2.52. The number of aromatic nitrogens is 2. The van der Waals surface area contributed by atoms with E-state index in [1.54, 1.807) is 6.20 Å². The minimum Gasteiger partial charge on any atom is -0.494 e. The Morgan fingerprint density at radius 3 is 2.84 bits per heavy atom. The molecule has 4 rings (SSSR count). The minimum absolute atomic E-state index is 0.131. The number of amides is 3. The first-order chi connectivity index (χ1) is 17.9. The van der Waals surface area contributed by atoms with Gasteiger partial charge in [-0.1, -0.05) is 26.0 Å². The lowest BCUT2D eigenvalue weighted by Gasteiger charge is -2.27. The summed E-state index contributed by atoms with van der Waals surface area (Å²) in [5.41, 5.74) is 0.912. The van der Waals surface area contributed by atoms with Gasteiger partial charge in [-0.05, 0) is 43.7 Å². The molecule has 2 bridgehead atoms. The molecule has 2 aromatic rings. The van der Waals surface area contributed by atoms with E-state index >= 15 is 0 Å². The highest BCUT2D eigenvalue weighted by Crippen LogP contribution is 2.23. The van der Waals surface area contributed by atoms with Crippen molar-refractivity contribution in [2.45, 2.75) is 58.2 Å². The molecule has 1 aromatic heterocycles. The predicted octanol–water partition coefficient (Wildman–Crippen LogP) is 1.99. The van der Waals surface area contributed by atoms with E-state index in [-0.39, 0.29) is 30.2 Å². The van der Waals surface area contributed by atoms with Gasteiger partial charge in [0, 0.05) is 44.2 Å². The molecule has 0 saturated carbocycles. The summed E-state index contributed by atoms with van der Waals surface area (Å²) in [6.45, 7) is 6.06. The van der Waals surface area contributed by atoms with Gasteiger partial charge in [-0.3, -0.25) is 14.4 Å².